The van der Waals surface area contributed by atoms with E-state index in [1.807, 2.05) is 19.1 Å². The molecule has 0 saturated carbocycles. The summed E-state index contributed by atoms with van der Waals surface area (Å²) in [6, 6.07) is 3.19. The zero-order chi connectivity index (χ0) is 14.8. The smallest absolute Gasteiger partial charge is 0.344 e. The van der Waals surface area contributed by atoms with Gasteiger partial charge in [0.2, 0.25) is 5.91 Å². The normalized spacial score (nSPS) is 18.0. The molecule has 7 heteroatoms. The lowest BCUT2D eigenvalue weighted by Crippen LogP contribution is -2.36. The third-order valence-corrected chi connectivity index (χ3v) is 3.75. The lowest BCUT2D eigenvalue weighted by Gasteiger charge is -2.16. The third-order valence-electron chi connectivity index (χ3n) is 3.75. The standard InChI is InChI=1S/C14H18N4O3/c1-9-6-7-10(21-9)8-15-13(19)11-4-2-3-5-12-16-17-14(20)18(11)12/h6-7,11H,2-5,8H2,1H3,(H,15,19)(H,17,20). The van der Waals surface area contributed by atoms with Crippen LogP contribution in [0.1, 0.15) is 42.6 Å². The van der Waals surface area contributed by atoms with Crippen LogP contribution in [0.3, 0.4) is 0 Å². The first-order valence-electron chi connectivity index (χ1n) is 7.14. The van der Waals surface area contributed by atoms with Gasteiger partial charge in [-0.1, -0.05) is 6.42 Å². The van der Waals surface area contributed by atoms with E-state index in [0.717, 1.165) is 25.0 Å². The Hall–Kier alpha value is -2.31. The van der Waals surface area contributed by atoms with E-state index in [0.29, 0.717) is 24.6 Å². The highest BCUT2D eigenvalue weighted by atomic mass is 16.3. The summed E-state index contributed by atoms with van der Waals surface area (Å²) in [5.74, 6) is 2.00. The van der Waals surface area contributed by atoms with Crippen LogP contribution in [0, 0.1) is 6.92 Å². The number of aromatic nitrogens is 3. The van der Waals surface area contributed by atoms with Gasteiger partial charge in [0.15, 0.2) is 0 Å². The van der Waals surface area contributed by atoms with Gasteiger partial charge in [-0.05, 0) is 31.9 Å². The number of hydrogen-bond acceptors (Lipinski definition) is 4. The summed E-state index contributed by atoms with van der Waals surface area (Å²) in [5, 5.41) is 9.26. The summed E-state index contributed by atoms with van der Waals surface area (Å²) in [7, 11) is 0. The average Bonchev–Trinajstić information content (AvgIpc) is 2.96. The number of rotatable bonds is 3. The number of aromatic amines is 1. The van der Waals surface area contributed by atoms with Gasteiger partial charge in [0.1, 0.15) is 23.4 Å². The number of nitrogens with zero attached hydrogens (tertiary/aromatic N) is 2. The molecular formula is C14H18N4O3. The number of hydrogen-bond donors (Lipinski definition) is 2. The van der Waals surface area contributed by atoms with E-state index in [2.05, 4.69) is 15.5 Å². The predicted octanol–water partition coefficient (Wildman–Crippen LogP) is 1.06. The second-order valence-electron chi connectivity index (χ2n) is 5.31. The maximum Gasteiger partial charge on any atom is 0.344 e. The Labute approximate surface area is 121 Å². The van der Waals surface area contributed by atoms with Crippen LogP contribution < -0.4 is 11.0 Å². The number of H-pyrrole nitrogens is 1. The number of nitrogens with one attached hydrogen (secondary N) is 2. The molecule has 1 atom stereocenters. The molecule has 0 bridgehead atoms. The van der Waals surface area contributed by atoms with Crippen molar-refractivity contribution in [1.29, 1.82) is 0 Å². The molecule has 1 aliphatic rings. The van der Waals surface area contributed by atoms with Crippen LogP contribution in [0.15, 0.2) is 21.3 Å². The van der Waals surface area contributed by atoms with Crippen molar-refractivity contribution in [3.8, 4) is 0 Å². The van der Waals surface area contributed by atoms with Crippen molar-refractivity contribution in [2.45, 2.75) is 45.2 Å². The summed E-state index contributed by atoms with van der Waals surface area (Å²) in [5.41, 5.74) is -0.319. The van der Waals surface area contributed by atoms with E-state index in [1.54, 1.807) is 0 Å². The molecule has 0 aliphatic carbocycles. The summed E-state index contributed by atoms with van der Waals surface area (Å²) < 4.78 is 6.90. The Balaban J connectivity index is 1.74. The summed E-state index contributed by atoms with van der Waals surface area (Å²) >= 11 is 0. The number of fused-ring (bicyclic) bond motifs is 1. The van der Waals surface area contributed by atoms with Gasteiger partial charge in [0, 0.05) is 6.42 Å². The van der Waals surface area contributed by atoms with Crippen LogP contribution in [-0.4, -0.2) is 20.7 Å². The van der Waals surface area contributed by atoms with Gasteiger partial charge in [-0.15, -0.1) is 0 Å². The van der Waals surface area contributed by atoms with Crippen LogP contribution in [0.2, 0.25) is 0 Å². The van der Waals surface area contributed by atoms with Crippen molar-refractivity contribution in [3.05, 3.63) is 40.0 Å². The van der Waals surface area contributed by atoms with Crippen LogP contribution in [-0.2, 0) is 17.8 Å². The first-order valence-corrected chi connectivity index (χ1v) is 7.14. The monoisotopic (exact) mass is 290 g/mol. The van der Waals surface area contributed by atoms with Crippen LogP contribution in [0.5, 0.6) is 0 Å². The molecule has 21 heavy (non-hydrogen) atoms. The number of amides is 1. The molecule has 1 unspecified atom stereocenters. The van der Waals surface area contributed by atoms with Gasteiger partial charge in [-0.2, -0.15) is 5.10 Å². The predicted molar refractivity (Wildman–Crippen MR) is 74.7 cm³/mol. The van der Waals surface area contributed by atoms with Crippen molar-refractivity contribution in [3.63, 3.8) is 0 Å². The summed E-state index contributed by atoms with van der Waals surface area (Å²) in [6.07, 6.45) is 3.21. The topological polar surface area (TPSA) is 92.9 Å². The van der Waals surface area contributed by atoms with E-state index < -0.39 is 6.04 Å². The molecule has 1 amide bonds. The van der Waals surface area contributed by atoms with E-state index in [4.69, 9.17) is 4.42 Å². The molecule has 0 fully saturated rings. The number of carbonyl (C=O) groups is 1. The van der Waals surface area contributed by atoms with Crippen molar-refractivity contribution in [1.82, 2.24) is 20.1 Å². The number of aryl methyl sites for hydroxylation is 2. The molecular weight excluding hydrogens is 272 g/mol. The van der Waals surface area contributed by atoms with Crippen LogP contribution in [0.4, 0.5) is 0 Å². The molecule has 2 N–H and O–H groups in total. The van der Waals surface area contributed by atoms with Crippen LogP contribution >= 0.6 is 0 Å². The lowest BCUT2D eigenvalue weighted by molar-refractivity contribution is -0.124. The fourth-order valence-electron chi connectivity index (χ4n) is 2.71. The maximum absolute atomic E-state index is 12.4. The molecule has 7 nitrogen and oxygen atoms in total. The minimum absolute atomic E-state index is 0.171. The highest BCUT2D eigenvalue weighted by Crippen LogP contribution is 2.21. The average molecular weight is 290 g/mol. The maximum atomic E-state index is 12.4. The summed E-state index contributed by atoms with van der Waals surface area (Å²) in [4.78, 5) is 24.2. The fraction of sp³-hybridized carbons (Fsp3) is 0.500. The fourth-order valence-corrected chi connectivity index (χ4v) is 2.71. The Morgan fingerprint density at radius 2 is 2.38 bits per heavy atom. The minimum Gasteiger partial charge on any atom is -0.465 e. The largest absolute Gasteiger partial charge is 0.465 e. The molecule has 3 rings (SSSR count). The van der Waals surface area contributed by atoms with Crippen molar-refractivity contribution in [2.24, 2.45) is 0 Å². The first kappa shape index (κ1) is 13.7. The molecule has 0 aromatic carbocycles. The van der Waals surface area contributed by atoms with Gasteiger partial charge >= 0.3 is 5.69 Å². The number of furan rings is 1. The van der Waals surface area contributed by atoms with E-state index >= 15 is 0 Å². The molecule has 0 radical (unpaired) electrons. The third kappa shape index (κ3) is 2.76. The van der Waals surface area contributed by atoms with Crippen molar-refractivity contribution < 1.29 is 9.21 Å². The molecule has 2 aromatic rings. The Bertz CT molecular complexity index is 697. The van der Waals surface area contributed by atoms with Gasteiger partial charge < -0.3 is 9.73 Å². The molecule has 3 heterocycles. The highest BCUT2D eigenvalue weighted by Gasteiger charge is 2.27. The van der Waals surface area contributed by atoms with Crippen molar-refractivity contribution in [2.75, 3.05) is 0 Å². The molecule has 0 spiro atoms. The second kappa shape index (κ2) is 5.59. The zero-order valence-electron chi connectivity index (χ0n) is 11.9. The first-order chi connectivity index (χ1) is 10.1. The van der Waals surface area contributed by atoms with Gasteiger partial charge in [0.05, 0.1) is 6.54 Å². The zero-order valence-corrected chi connectivity index (χ0v) is 11.9. The molecule has 0 saturated heterocycles. The van der Waals surface area contributed by atoms with E-state index in [9.17, 15) is 9.59 Å². The SMILES string of the molecule is Cc1ccc(CNC(=O)C2CCCCc3n[nH]c(=O)n32)o1. The second-order valence-corrected chi connectivity index (χ2v) is 5.31. The Morgan fingerprint density at radius 3 is 3.14 bits per heavy atom. The van der Waals surface area contributed by atoms with E-state index in [-0.39, 0.29) is 11.6 Å². The van der Waals surface area contributed by atoms with Crippen molar-refractivity contribution >= 4 is 5.91 Å². The minimum atomic E-state index is -0.496. The van der Waals surface area contributed by atoms with E-state index in [1.165, 1.54) is 4.57 Å². The van der Waals surface area contributed by atoms with Gasteiger partial charge in [-0.25, -0.2) is 9.89 Å². The molecule has 1 aliphatic heterocycles. The number of carbonyl (C=O) groups excluding carboxylic acids is 1. The van der Waals surface area contributed by atoms with Gasteiger partial charge in [-0.3, -0.25) is 9.36 Å². The highest BCUT2D eigenvalue weighted by molar-refractivity contribution is 5.80. The summed E-state index contributed by atoms with van der Waals surface area (Å²) in [6.45, 7) is 2.18. The van der Waals surface area contributed by atoms with Crippen LogP contribution in [0.25, 0.3) is 0 Å². The lowest BCUT2D eigenvalue weighted by atomic mass is 10.1. The Morgan fingerprint density at radius 1 is 1.52 bits per heavy atom. The Kier molecular flexibility index (Phi) is 3.64. The molecule has 2 aromatic heterocycles. The van der Waals surface area contributed by atoms with Gasteiger partial charge in [0.25, 0.3) is 0 Å². The quantitative estimate of drug-likeness (QED) is 0.884. The molecule has 112 valence electrons.